The fraction of sp³-hybridized carbons (Fsp3) is 0.667. The first-order valence-corrected chi connectivity index (χ1v) is 8.11. The molecule has 1 aliphatic rings. The molecule has 0 radical (unpaired) electrons. The molecule has 4 heteroatoms. The van der Waals surface area contributed by atoms with E-state index in [2.05, 4.69) is 26.1 Å². The van der Waals surface area contributed by atoms with Crippen molar-refractivity contribution in [1.82, 2.24) is 5.32 Å². The van der Waals surface area contributed by atoms with Crippen LogP contribution in [0.1, 0.15) is 45.8 Å². The molecule has 0 spiro atoms. The van der Waals surface area contributed by atoms with Gasteiger partial charge in [-0.15, -0.1) is 0 Å². The third kappa shape index (κ3) is 4.30. The van der Waals surface area contributed by atoms with E-state index >= 15 is 0 Å². The van der Waals surface area contributed by atoms with Gasteiger partial charge in [-0.1, -0.05) is 18.7 Å². The molecule has 1 aromatic rings. The maximum absolute atomic E-state index is 5.36. The molecule has 1 N–H and O–H groups in total. The zero-order chi connectivity index (χ0) is 13.7. The Morgan fingerprint density at radius 2 is 2.42 bits per heavy atom. The van der Waals surface area contributed by atoms with E-state index in [0.29, 0.717) is 6.04 Å². The Morgan fingerprint density at radius 1 is 1.58 bits per heavy atom. The highest BCUT2D eigenvalue weighted by molar-refractivity contribution is 8.13. The van der Waals surface area contributed by atoms with Crippen LogP contribution in [0.4, 0.5) is 0 Å². The molecule has 2 heterocycles. The highest BCUT2D eigenvalue weighted by Crippen LogP contribution is 2.25. The first kappa shape index (κ1) is 14.5. The Bertz CT molecular complexity index is 416. The quantitative estimate of drug-likeness (QED) is 0.890. The standard InChI is InChI=1S/C15H24N2OS/c1-4-15(3)9-11-19-14(17-15)16-12(2)7-8-13-6-5-10-18-13/h5-6,10,12H,4,7-9,11H2,1-3H3,(H,16,17). The Balaban J connectivity index is 1.85. The van der Waals surface area contributed by atoms with Gasteiger partial charge in [0.15, 0.2) is 5.17 Å². The number of nitrogens with zero attached hydrogens (tertiary/aromatic N) is 1. The van der Waals surface area contributed by atoms with E-state index in [0.717, 1.165) is 30.2 Å². The van der Waals surface area contributed by atoms with Crippen molar-refractivity contribution in [1.29, 1.82) is 0 Å². The molecule has 0 bridgehead atoms. The molecule has 0 saturated carbocycles. The van der Waals surface area contributed by atoms with Crippen LogP contribution in [0, 0.1) is 0 Å². The van der Waals surface area contributed by atoms with Crippen LogP contribution in [0.15, 0.2) is 27.8 Å². The topological polar surface area (TPSA) is 37.5 Å². The third-order valence-electron chi connectivity index (χ3n) is 3.81. The van der Waals surface area contributed by atoms with Crippen molar-refractivity contribution >= 4 is 16.9 Å². The highest BCUT2D eigenvalue weighted by atomic mass is 32.2. The van der Waals surface area contributed by atoms with E-state index in [1.165, 1.54) is 12.2 Å². The molecule has 0 aromatic carbocycles. The van der Waals surface area contributed by atoms with Gasteiger partial charge >= 0.3 is 0 Å². The number of hydrogen-bond acceptors (Lipinski definition) is 3. The van der Waals surface area contributed by atoms with E-state index in [4.69, 9.17) is 9.41 Å². The van der Waals surface area contributed by atoms with Gasteiger partial charge in [-0.2, -0.15) is 0 Å². The molecule has 0 aliphatic carbocycles. The number of aryl methyl sites for hydroxylation is 1. The second-order valence-electron chi connectivity index (χ2n) is 5.54. The maximum Gasteiger partial charge on any atom is 0.157 e. The summed E-state index contributed by atoms with van der Waals surface area (Å²) in [6, 6.07) is 4.30. The van der Waals surface area contributed by atoms with Crippen molar-refractivity contribution in [2.75, 3.05) is 5.75 Å². The van der Waals surface area contributed by atoms with Crippen molar-refractivity contribution < 1.29 is 4.42 Å². The molecule has 1 saturated heterocycles. The molecule has 0 amide bonds. The lowest BCUT2D eigenvalue weighted by Gasteiger charge is -2.35. The molecule has 3 nitrogen and oxygen atoms in total. The van der Waals surface area contributed by atoms with E-state index in [9.17, 15) is 0 Å². The summed E-state index contributed by atoms with van der Waals surface area (Å²) in [5.41, 5.74) is 0.227. The fourth-order valence-electron chi connectivity index (χ4n) is 2.14. The van der Waals surface area contributed by atoms with Gasteiger partial charge in [-0.05, 0) is 45.2 Å². The zero-order valence-corrected chi connectivity index (χ0v) is 12.9. The number of amidine groups is 1. The van der Waals surface area contributed by atoms with Gasteiger partial charge in [0, 0.05) is 17.7 Å². The van der Waals surface area contributed by atoms with Gasteiger partial charge < -0.3 is 9.73 Å². The summed E-state index contributed by atoms with van der Waals surface area (Å²) in [6.45, 7) is 6.70. The average Bonchev–Trinajstić information content (AvgIpc) is 2.90. The first-order chi connectivity index (χ1) is 9.11. The second-order valence-corrected chi connectivity index (χ2v) is 6.62. The summed E-state index contributed by atoms with van der Waals surface area (Å²) >= 11 is 1.85. The lowest BCUT2D eigenvalue weighted by Crippen LogP contribution is -2.48. The van der Waals surface area contributed by atoms with Crippen LogP contribution < -0.4 is 5.32 Å². The smallest absolute Gasteiger partial charge is 0.157 e. The van der Waals surface area contributed by atoms with Crippen LogP contribution in [-0.4, -0.2) is 22.5 Å². The minimum atomic E-state index is 0.227. The maximum atomic E-state index is 5.36. The second kappa shape index (κ2) is 6.51. The molecule has 2 atom stereocenters. The van der Waals surface area contributed by atoms with Gasteiger partial charge in [0.25, 0.3) is 0 Å². The summed E-state index contributed by atoms with van der Waals surface area (Å²) in [5.74, 6) is 2.22. The first-order valence-electron chi connectivity index (χ1n) is 7.12. The Hall–Kier alpha value is -0.900. The van der Waals surface area contributed by atoms with Crippen LogP contribution >= 0.6 is 11.8 Å². The van der Waals surface area contributed by atoms with Gasteiger partial charge in [0.2, 0.25) is 0 Å². The molecule has 2 rings (SSSR count). The Labute approximate surface area is 120 Å². The number of aliphatic imine (C=N–C) groups is 1. The van der Waals surface area contributed by atoms with Crippen LogP contribution in [0.3, 0.4) is 0 Å². The minimum absolute atomic E-state index is 0.227. The summed E-state index contributed by atoms with van der Waals surface area (Å²) < 4.78 is 5.36. The van der Waals surface area contributed by atoms with E-state index in [1.54, 1.807) is 6.26 Å². The lowest BCUT2D eigenvalue weighted by molar-refractivity contribution is 0.389. The normalized spacial score (nSPS) is 27.2. The molecule has 2 unspecified atom stereocenters. The molecule has 1 aromatic heterocycles. The summed E-state index contributed by atoms with van der Waals surface area (Å²) in [7, 11) is 0. The SMILES string of the molecule is CCC1(C)CCSC(=NC(C)CCc2ccco2)N1. The van der Waals surface area contributed by atoms with Crippen LogP contribution in [0.25, 0.3) is 0 Å². The Morgan fingerprint density at radius 3 is 3.11 bits per heavy atom. The van der Waals surface area contributed by atoms with E-state index in [-0.39, 0.29) is 5.54 Å². The lowest BCUT2D eigenvalue weighted by atomic mass is 9.96. The monoisotopic (exact) mass is 280 g/mol. The van der Waals surface area contributed by atoms with Gasteiger partial charge in [0.05, 0.1) is 12.3 Å². The molecular weight excluding hydrogens is 256 g/mol. The van der Waals surface area contributed by atoms with Gasteiger partial charge in [-0.3, -0.25) is 4.99 Å². The van der Waals surface area contributed by atoms with Crippen LogP contribution in [-0.2, 0) is 6.42 Å². The number of rotatable bonds is 5. The zero-order valence-electron chi connectivity index (χ0n) is 12.1. The predicted molar refractivity (Wildman–Crippen MR) is 82.8 cm³/mol. The van der Waals surface area contributed by atoms with Crippen LogP contribution in [0.2, 0.25) is 0 Å². The van der Waals surface area contributed by atoms with Crippen molar-refractivity contribution in [2.45, 2.75) is 58.0 Å². The van der Waals surface area contributed by atoms with Gasteiger partial charge in [0.1, 0.15) is 5.76 Å². The third-order valence-corrected chi connectivity index (χ3v) is 4.70. The van der Waals surface area contributed by atoms with Crippen molar-refractivity contribution in [3.63, 3.8) is 0 Å². The van der Waals surface area contributed by atoms with E-state index in [1.807, 2.05) is 23.9 Å². The highest BCUT2D eigenvalue weighted by Gasteiger charge is 2.27. The van der Waals surface area contributed by atoms with Gasteiger partial charge in [-0.25, -0.2) is 0 Å². The number of thioether (sulfide) groups is 1. The molecule has 19 heavy (non-hydrogen) atoms. The van der Waals surface area contributed by atoms with Crippen molar-refractivity contribution in [3.8, 4) is 0 Å². The van der Waals surface area contributed by atoms with Crippen molar-refractivity contribution in [2.24, 2.45) is 4.99 Å². The molecule has 1 aliphatic heterocycles. The minimum Gasteiger partial charge on any atom is -0.469 e. The molecule has 106 valence electrons. The van der Waals surface area contributed by atoms with E-state index < -0.39 is 0 Å². The average molecular weight is 280 g/mol. The Kier molecular flexibility index (Phi) is 4.97. The van der Waals surface area contributed by atoms with Crippen LogP contribution in [0.5, 0.6) is 0 Å². The predicted octanol–water partition coefficient (Wildman–Crippen LogP) is 3.85. The number of hydrogen-bond donors (Lipinski definition) is 1. The summed E-state index contributed by atoms with van der Waals surface area (Å²) in [6.07, 6.45) is 6.08. The summed E-state index contributed by atoms with van der Waals surface area (Å²) in [5, 5.41) is 4.71. The summed E-state index contributed by atoms with van der Waals surface area (Å²) in [4.78, 5) is 4.81. The van der Waals surface area contributed by atoms with Crippen molar-refractivity contribution in [3.05, 3.63) is 24.2 Å². The largest absolute Gasteiger partial charge is 0.469 e. The number of nitrogens with one attached hydrogen (secondary N) is 1. The molecular formula is C15H24N2OS. The molecule has 1 fully saturated rings. The number of furan rings is 1. The fourth-order valence-corrected chi connectivity index (χ4v) is 3.45.